The van der Waals surface area contributed by atoms with Crippen molar-refractivity contribution < 1.29 is 43.4 Å². The first-order chi connectivity index (χ1) is 17.1. The maximum absolute atomic E-state index is 13.4. The van der Waals surface area contributed by atoms with Crippen LogP contribution in [-0.4, -0.2) is 88.4 Å². The van der Waals surface area contributed by atoms with E-state index in [-0.39, 0.29) is 26.1 Å². The van der Waals surface area contributed by atoms with Gasteiger partial charge in [-0.15, -0.1) is 0 Å². The van der Waals surface area contributed by atoms with Crippen LogP contribution < -0.4 is 10.2 Å². The molecule has 0 aromatic heterocycles. The van der Waals surface area contributed by atoms with Gasteiger partial charge in [-0.25, -0.2) is 0 Å². The van der Waals surface area contributed by atoms with Crippen molar-refractivity contribution in [1.82, 2.24) is 5.32 Å². The van der Waals surface area contributed by atoms with Crippen LogP contribution in [0.1, 0.15) is 12.0 Å². The van der Waals surface area contributed by atoms with Gasteiger partial charge in [0, 0.05) is 16.3 Å². The Bertz CT molecular complexity index is 1040. The lowest BCUT2D eigenvalue weighted by Crippen LogP contribution is -2.58. The number of aliphatic hydroxyl groups is 5. The number of aliphatic hydroxyl groups excluding tert-OH is 5. The van der Waals surface area contributed by atoms with Crippen LogP contribution in [0.15, 0.2) is 52.3 Å². The monoisotopic (exact) mass is 530 g/mol. The zero-order valence-electron chi connectivity index (χ0n) is 19.2. The van der Waals surface area contributed by atoms with E-state index in [0.29, 0.717) is 16.3 Å². The standard InChI is InChI=1S/C24H29F3N2O6S/c25-24(26,27)13-5-6-20-16(9-13)29(15-3-1-2-4-19(15)36-20)11-14(31)10-28-8-7-17-21(32)23(34)22(33)18(12-30)35-17/h1-6,9,14,17-18,21-23,28,30-34H,7-8,10-12H2/t14?,17-,18-,21+,22-,23-/m1/s1. The average Bonchev–Trinajstić information content (AvgIpc) is 2.85. The molecule has 0 saturated carbocycles. The third-order valence-corrected chi connectivity index (χ3v) is 7.45. The molecule has 0 spiro atoms. The van der Waals surface area contributed by atoms with Crippen LogP contribution in [0.25, 0.3) is 0 Å². The molecular weight excluding hydrogens is 501 g/mol. The van der Waals surface area contributed by atoms with E-state index in [2.05, 4.69) is 5.32 Å². The van der Waals surface area contributed by atoms with Crippen molar-refractivity contribution in [3.63, 3.8) is 0 Å². The number of para-hydroxylation sites is 1. The normalized spacial score (nSPS) is 26.9. The number of benzene rings is 2. The van der Waals surface area contributed by atoms with Crippen molar-refractivity contribution in [2.45, 2.75) is 59.0 Å². The van der Waals surface area contributed by atoms with Crippen LogP contribution in [0.4, 0.5) is 24.5 Å². The molecule has 36 heavy (non-hydrogen) atoms. The number of nitrogens with one attached hydrogen (secondary N) is 1. The molecule has 0 radical (unpaired) electrons. The van der Waals surface area contributed by atoms with Crippen molar-refractivity contribution in [3.05, 3.63) is 48.0 Å². The van der Waals surface area contributed by atoms with Crippen LogP contribution in [0.2, 0.25) is 0 Å². The fourth-order valence-corrected chi connectivity index (χ4v) is 5.48. The van der Waals surface area contributed by atoms with Crippen molar-refractivity contribution in [1.29, 1.82) is 0 Å². The van der Waals surface area contributed by atoms with Crippen molar-refractivity contribution in [3.8, 4) is 0 Å². The minimum Gasteiger partial charge on any atom is -0.394 e. The minimum atomic E-state index is -4.49. The Morgan fingerprint density at radius 3 is 2.39 bits per heavy atom. The molecular formula is C24H29F3N2O6S. The SMILES string of the molecule is OC[C@H]1O[C@H](CCNCC(O)CN2c3ccccc3Sc3ccc(C(F)(F)F)cc32)[C@H](O)[C@@H](O)[C@@H]1O. The molecule has 2 aromatic carbocycles. The topological polar surface area (TPSA) is 126 Å². The molecule has 4 rings (SSSR count). The molecule has 6 atom stereocenters. The zero-order valence-corrected chi connectivity index (χ0v) is 20.0. The summed E-state index contributed by atoms with van der Waals surface area (Å²) in [6, 6.07) is 10.9. The van der Waals surface area contributed by atoms with Crippen molar-refractivity contribution in [2.24, 2.45) is 0 Å². The molecule has 1 unspecified atom stereocenters. The van der Waals surface area contributed by atoms with Crippen LogP contribution in [0, 0.1) is 0 Å². The summed E-state index contributed by atoms with van der Waals surface area (Å²) in [5.74, 6) is 0. The first-order valence-electron chi connectivity index (χ1n) is 11.5. The Hall–Kier alpha value is -1.90. The van der Waals surface area contributed by atoms with Crippen molar-refractivity contribution in [2.75, 3.05) is 31.1 Å². The predicted molar refractivity (Wildman–Crippen MR) is 126 cm³/mol. The lowest BCUT2D eigenvalue weighted by atomic mass is 9.93. The summed E-state index contributed by atoms with van der Waals surface area (Å²) in [6.45, 7) is -0.0852. The Balaban J connectivity index is 1.39. The number of alkyl halides is 3. The maximum Gasteiger partial charge on any atom is 0.416 e. The van der Waals surface area contributed by atoms with Crippen LogP contribution in [0.5, 0.6) is 0 Å². The third kappa shape index (κ3) is 5.81. The van der Waals surface area contributed by atoms with E-state index in [0.717, 1.165) is 17.0 Å². The van der Waals surface area contributed by atoms with E-state index in [4.69, 9.17) is 4.74 Å². The van der Waals surface area contributed by atoms with Gasteiger partial charge in [-0.2, -0.15) is 13.2 Å². The molecule has 2 heterocycles. The Morgan fingerprint density at radius 1 is 0.972 bits per heavy atom. The second kappa shape index (κ2) is 11.2. The van der Waals surface area contributed by atoms with E-state index in [1.54, 1.807) is 17.0 Å². The molecule has 1 saturated heterocycles. The zero-order chi connectivity index (χ0) is 26.0. The lowest BCUT2D eigenvalue weighted by molar-refractivity contribution is -0.230. The molecule has 8 nitrogen and oxygen atoms in total. The van der Waals surface area contributed by atoms with E-state index >= 15 is 0 Å². The largest absolute Gasteiger partial charge is 0.416 e. The summed E-state index contributed by atoms with van der Waals surface area (Å²) in [6.07, 6.45) is -11.2. The van der Waals surface area contributed by atoms with Gasteiger partial charge in [0.1, 0.15) is 24.4 Å². The fourth-order valence-electron chi connectivity index (χ4n) is 4.41. The number of fused-ring (bicyclic) bond motifs is 2. The number of anilines is 2. The molecule has 1 fully saturated rings. The molecule has 0 amide bonds. The van der Waals surface area contributed by atoms with Gasteiger partial charge in [0.15, 0.2) is 0 Å². The summed E-state index contributed by atoms with van der Waals surface area (Å²) in [5.41, 5.74) is 0.307. The van der Waals surface area contributed by atoms with Gasteiger partial charge in [0.2, 0.25) is 0 Å². The van der Waals surface area contributed by atoms with Gasteiger partial charge in [-0.05, 0) is 43.3 Å². The van der Waals surface area contributed by atoms with Gasteiger partial charge < -0.3 is 40.5 Å². The van der Waals surface area contributed by atoms with Crippen LogP contribution >= 0.6 is 11.8 Å². The Kier molecular flexibility index (Phi) is 8.47. The summed E-state index contributed by atoms with van der Waals surface area (Å²) >= 11 is 1.37. The number of hydrogen-bond donors (Lipinski definition) is 6. The Morgan fingerprint density at radius 2 is 1.67 bits per heavy atom. The highest BCUT2D eigenvalue weighted by atomic mass is 32.2. The molecule has 0 aliphatic carbocycles. The van der Waals surface area contributed by atoms with Crippen molar-refractivity contribution >= 4 is 23.1 Å². The predicted octanol–water partition coefficient (Wildman–Crippen LogP) is 1.49. The highest BCUT2D eigenvalue weighted by molar-refractivity contribution is 7.99. The second-order valence-electron chi connectivity index (χ2n) is 8.87. The summed E-state index contributed by atoms with van der Waals surface area (Å²) < 4.78 is 45.6. The fraction of sp³-hybridized carbons (Fsp3) is 0.500. The van der Waals surface area contributed by atoms with Gasteiger partial charge in [0.25, 0.3) is 0 Å². The number of β-amino-alcohol motifs (C(OH)–C–C–N with tert-alkyl or cyclic N) is 1. The summed E-state index contributed by atoms with van der Waals surface area (Å²) in [5, 5.41) is 52.9. The second-order valence-corrected chi connectivity index (χ2v) is 9.96. The smallest absolute Gasteiger partial charge is 0.394 e. The number of hydrogen-bond acceptors (Lipinski definition) is 9. The molecule has 2 aromatic rings. The number of ether oxygens (including phenoxy) is 1. The molecule has 0 bridgehead atoms. The van der Waals surface area contributed by atoms with Gasteiger partial charge >= 0.3 is 6.18 Å². The number of rotatable bonds is 8. The lowest BCUT2D eigenvalue weighted by Gasteiger charge is -2.40. The minimum absolute atomic E-state index is 0.0406. The number of nitrogens with zero attached hydrogens (tertiary/aromatic N) is 1. The first kappa shape index (κ1) is 27.1. The van der Waals surface area contributed by atoms with Crippen LogP contribution in [-0.2, 0) is 10.9 Å². The summed E-state index contributed by atoms with van der Waals surface area (Å²) in [4.78, 5) is 3.21. The van der Waals surface area contributed by atoms with E-state index in [9.17, 15) is 38.7 Å². The van der Waals surface area contributed by atoms with Gasteiger partial charge in [-0.3, -0.25) is 0 Å². The first-order valence-corrected chi connectivity index (χ1v) is 12.4. The van der Waals surface area contributed by atoms with E-state index < -0.39 is 55.0 Å². The van der Waals surface area contributed by atoms with Gasteiger partial charge in [0.05, 0.1) is 42.3 Å². The summed E-state index contributed by atoms with van der Waals surface area (Å²) in [7, 11) is 0. The van der Waals surface area contributed by atoms with Crippen LogP contribution in [0.3, 0.4) is 0 Å². The highest BCUT2D eigenvalue weighted by Gasteiger charge is 2.43. The Labute approximate surface area is 210 Å². The van der Waals surface area contributed by atoms with E-state index in [1.807, 2.05) is 12.1 Å². The number of halogens is 3. The molecule has 2 aliphatic rings. The maximum atomic E-state index is 13.4. The quantitative estimate of drug-likeness (QED) is 0.282. The molecule has 12 heteroatoms. The highest BCUT2D eigenvalue weighted by Crippen LogP contribution is 2.49. The third-order valence-electron chi connectivity index (χ3n) is 6.32. The average molecular weight is 531 g/mol. The van der Waals surface area contributed by atoms with E-state index in [1.165, 1.54) is 17.8 Å². The molecule has 198 valence electrons. The van der Waals surface area contributed by atoms with Gasteiger partial charge in [-0.1, -0.05) is 23.9 Å². The molecule has 6 N–H and O–H groups in total. The molecule has 2 aliphatic heterocycles.